The maximum Gasteiger partial charge on any atom is 0.246 e. The van der Waals surface area contributed by atoms with Gasteiger partial charge in [-0.15, -0.1) is 0 Å². The molecule has 6 heteroatoms. The molecule has 6 nitrogen and oxygen atoms in total. The average Bonchev–Trinajstić information content (AvgIpc) is 2.83. The molecule has 5 rings (SSSR count). The summed E-state index contributed by atoms with van der Waals surface area (Å²) in [5.74, 6) is 1.23. The van der Waals surface area contributed by atoms with E-state index < -0.39 is 0 Å². The number of carbonyl (C=O) groups is 2. The SMILES string of the molecule is O=C1CCc2cc(/C=C/C(=O)N3CCC(Cc4ccc5ccccc5n4)CC3)cnc2N1. The molecule has 2 aliphatic rings. The molecular formula is C26H26N4O2. The number of aromatic nitrogens is 2. The van der Waals surface area contributed by atoms with E-state index in [2.05, 4.69) is 34.6 Å². The highest BCUT2D eigenvalue weighted by molar-refractivity contribution is 5.93. The molecule has 32 heavy (non-hydrogen) atoms. The number of nitrogens with one attached hydrogen (secondary N) is 1. The van der Waals surface area contributed by atoms with Crippen molar-refractivity contribution in [1.82, 2.24) is 14.9 Å². The van der Waals surface area contributed by atoms with Crippen molar-refractivity contribution in [3.8, 4) is 0 Å². The van der Waals surface area contributed by atoms with Crippen LogP contribution in [0.5, 0.6) is 0 Å². The Morgan fingerprint density at radius 2 is 1.97 bits per heavy atom. The van der Waals surface area contributed by atoms with Crippen LogP contribution >= 0.6 is 0 Å². The van der Waals surface area contributed by atoms with Gasteiger partial charge in [-0.2, -0.15) is 0 Å². The Hall–Kier alpha value is -3.54. The van der Waals surface area contributed by atoms with E-state index in [1.807, 2.05) is 29.2 Å². The van der Waals surface area contributed by atoms with E-state index in [1.165, 1.54) is 5.39 Å². The summed E-state index contributed by atoms with van der Waals surface area (Å²) >= 11 is 0. The minimum atomic E-state index is 0.00303. The number of piperidine rings is 1. The third kappa shape index (κ3) is 4.54. The number of likely N-dealkylation sites (tertiary alicyclic amines) is 1. The van der Waals surface area contributed by atoms with Crippen molar-refractivity contribution in [2.45, 2.75) is 32.1 Å². The summed E-state index contributed by atoms with van der Waals surface area (Å²) in [6, 6.07) is 14.5. The molecule has 1 fully saturated rings. The lowest BCUT2D eigenvalue weighted by molar-refractivity contribution is -0.127. The fraction of sp³-hybridized carbons (Fsp3) is 0.308. The van der Waals surface area contributed by atoms with Crippen LogP contribution in [0.1, 0.15) is 36.1 Å². The molecule has 1 N–H and O–H groups in total. The van der Waals surface area contributed by atoms with Crippen LogP contribution < -0.4 is 5.32 Å². The third-order valence-electron chi connectivity index (χ3n) is 6.37. The highest BCUT2D eigenvalue weighted by Gasteiger charge is 2.22. The van der Waals surface area contributed by atoms with Gasteiger partial charge in [0.1, 0.15) is 5.82 Å². The Kier molecular flexibility index (Phi) is 5.67. The first kappa shape index (κ1) is 20.4. The quantitative estimate of drug-likeness (QED) is 0.640. The maximum absolute atomic E-state index is 12.7. The summed E-state index contributed by atoms with van der Waals surface area (Å²) in [5.41, 5.74) is 4.07. The van der Waals surface area contributed by atoms with Gasteiger partial charge in [-0.3, -0.25) is 14.6 Å². The number of carbonyl (C=O) groups excluding carboxylic acids is 2. The molecule has 1 saturated heterocycles. The number of rotatable bonds is 4. The van der Waals surface area contributed by atoms with Gasteiger partial charge in [0.15, 0.2) is 0 Å². The molecule has 162 valence electrons. The molecule has 2 amide bonds. The average molecular weight is 427 g/mol. The van der Waals surface area contributed by atoms with Crippen LogP contribution in [0.2, 0.25) is 0 Å². The second-order valence-electron chi connectivity index (χ2n) is 8.63. The van der Waals surface area contributed by atoms with Gasteiger partial charge in [-0.05, 0) is 67.0 Å². The van der Waals surface area contributed by atoms with Crippen molar-refractivity contribution in [2.75, 3.05) is 18.4 Å². The Morgan fingerprint density at radius 3 is 2.84 bits per heavy atom. The first-order valence-corrected chi connectivity index (χ1v) is 11.2. The van der Waals surface area contributed by atoms with E-state index >= 15 is 0 Å². The molecule has 1 aromatic carbocycles. The summed E-state index contributed by atoms with van der Waals surface area (Å²) in [7, 11) is 0. The van der Waals surface area contributed by atoms with Gasteiger partial charge >= 0.3 is 0 Å². The smallest absolute Gasteiger partial charge is 0.246 e. The van der Waals surface area contributed by atoms with Crippen LogP contribution in [-0.2, 0) is 22.4 Å². The van der Waals surface area contributed by atoms with E-state index in [0.29, 0.717) is 24.6 Å². The summed E-state index contributed by atoms with van der Waals surface area (Å²) < 4.78 is 0. The number of aryl methyl sites for hydroxylation is 1. The van der Waals surface area contributed by atoms with Crippen molar-refractivity contribution < 1.29 is 9.59 Å². The van der Waals surface area contributed by atoms with Gasteiger partial charge in [0.2, 0.25) is 11.8 Å². The second kappa shape index (κ2) is 8.91. The van der Waals surface area contributed by atoms with Crippen LogP contribution in [0, 0.1) is 5.92 Å². The van der Waals surface area contributed by atoms with E-state index in [1.54, 1.807) is 12.3 Å². The van der Waals surface area contributed by atoms with Crippen molar-refractivity contribution in [2.24, 2.45) is 5.92 Å². The number of nitrogens with zero attached hydrogens (tertiary/aromatic N) is 3. The fourth-order valence-corrected chi connectivity index (χ4v) is 4.51. The van der Waals surface area contributed by atoms with E-state index in [0.717, 1.165) is 54.7 Å². The van der Waals surface area contributed by atoms with Crippen LogP contribution in [-0.4, -0.2) is 39.8 Å². The largest absolute Gasteiger partial charge is 0.339 e. The molecule has 0 saturated carbocycles. The van der Waals surface area contributed by atoms with Gasteiger partial charge in [0, 0.05) is 42.9 Å². The molecule has 4 heterocycles. The number of anilines is 1. The molecule has 0 bridgehead atoms. The first-order chi connectivity index (χ1) is 15.6. The summed E-state index contributed by atoms with van der Waals surface area (Å²) in [5, 5.41) is 3.95. The Balaban J connectivity index is 1.15. The number of amides is 2. The number of para-hydroxylation sites is 1. The van der Waals surface area contributed by atoms with Crippen molar-refractivity contribution in [3.05, 3.63) is 71.6 Å². The molecule has 0 spiro atoms. The predicted molar refractivity (Wildman–Crippen MR) is 125 cm³/mol. The minimum absolute atomic E-state index is 0.00303. The summed E-state index contributed by atoms with van der Waals surface area (Å²) in [4.78, 5) is 35.2. The Bertz CT molecular complexity index is 1200. The summed E-state index contributed by atoms with van der Waals surface area (Å²) in [6.07, 6.45) is 9.25. The molecule has 0 aliphatic carbocycles. The topological polar surface area (TPSA) is 75.2 Å². The molecule has 2 aliphatic heterocycles. The second-order valence-corrected chi connectivity index (χ2v) is 8.63. The molecule has 3 aromatic rings. The van der Waals surface area contributed by atoms with Crippen molar-refractivity contribution >= 4 is 34.6 Å². The van der Waals surface area contributed by atoms with Gasteiger partial charge in [0.25, 0.3) is 0 Å². The Morgan fingerprint density at radius 1 is 1.12 bits per heavy atom. The van der Waals surface area contributed by atoms with E-state index in [9.17, 15) is 9.59 Å². The number of benzene rings is 1. The highest BCUT2D eigenvalue weighted by Crippen LogP contribution is 2.24. The van der Waals surface area contributed by atoms with E-state index in [-0.39, 0.29) is 11.8 Å². The maximum atomic E-state index is 12.7. The van der Waals surface area contributed by atoms with Gasteiger partial charge < -0.3 is 10.2 Å². The van der Waals surface area contributed by atoms with Crippen LogP contribution in [0.3, 0.4) is 0 Å². The number of pyridine rings is 2. The number of hydrogen-bond donors (Lipinski definition) is 1. The fourth-order valence-electron chi connectivity index (χ4n) is 4.51. The van der Waals surface area contributed by atoms with Gasteiger partial charge in [-0.25, -0.2) is 4.98 Å². The Labute approximate surface area is 187 Å². The minimum Gasteiger partial charge on any atom is -0.339 e. The predicted octanol–water partition coefficient (Wildman–Crippen LogP) is 4.01. The van der Waals surface area contributed by atoms with E-state index in [4.69, 9.17) is 4.98 Å². The van der Waals surface area contributed by atoms with Crippen LogP contribution in [0.15, 0.2) is 54.7 Å². The van der Waals surface area contributed by atoms with Crippen LogP contribution in [0.4, 0.5) is 5.82 Å². The number of fused-ring (bicyclic) bond motifs is 2. The standard InChI is InChI=1S/C26H26N4O2/c31-24-9-7-21-15-19(17-27-26(21)29-24)5-10-25(32)30-13-11-18(12-14-30)16-22-8-6-20-3-1-2-4-23(20)28-22/h1-6,8,10,15,17-18H,7,9,11-14,16H2,(H,27,29,31)/b10-5+. The zero-order chi connectivity index (χ0) is 21.9. The first-order valence-electron chi connectivity index (χ1n) is 11.2. The lowest BCUT2D eigenvalue weighted by Crippen LogP contribution is -2.38. The molecular weight excluding hydrogens is 400 g/mol. The lowest BCUT2D eigenvalue weighted by atomic mass is 9.91. The molecule has 0 radical (unpaired) electrons. The molecule has 2 aromatic heterocycles. The van der Waals surface area contributed by atoms with Crippen molar-refractivity contribution in [1.29, 1.82) is 0 Å². The normalized spacial score (nSPS) is 16.9. The van der Waals surface area contributed by atoms with Gasteiger partial charge in [0.05, 0.1) is 5.52 Å². The zero-order valence-electron chi connectivity index (χ0n) is 18.0. The number of hydrogen-bond acceptors (Lipinski definition) is 4. The van der Waals surface area contributed by atoms with Crippen LogP contribution in [0.25, 0.3) is 17.0 Å². The zero-order valence-corrected chi connectivity index (χ0v) is 18.0. The van der Waals surface area contributed by atoms with Gasteiger partial charge in [-0.1, -0.05) is 24.3 Å². The molecule has 0 atom stereocenters. The monoisotopic (exact) mass is 426 g/mol. The highest BCUT2D eigenvalue weighted by atomic mass is 16.2. The molecule has 0 unspecified atom stereocenters. The lowest BCUT2D eigenvalue weighted by Gasteiger charge is -2.31. The third-order valence-corrected chi connectivity index (χ3v) is 6.37. The van der Waals surface area contributed by atoms with Crippen molar-refractivity contribution in [3.63, 3.8) is 0 Å². The summed E-state index contributed by atoms with van der Waals surface area (Å²) in [6.45, 7) is 1.55.